The van der Waals surface area contributed by atoms with E-state index in [9.17, 15) is 34.2 Å². The lowest BCUT2D eigenvalue weighted by Crippen LogP contribution is -2.66. The third-order valence-corrected chi connectivity index (χ3v) is 17.7. The summed E-state index contributed by atoms with van der Waals surface area (Å²) in [6.07, 6.45) is 5.87. The molecule has 0 aliphatic heterocycles. The van der Waals surface area contributed by atoms with Crippen molar-refractivity contribution in [3.8, 4) is 0 Å². The van der Waals surface area contributed by atoms with E-state index in [-0.39, 0.29) is 64.6 Å². The van der Waals surface area contributed by atoms with Gasteiger partial charge in [0, 0.05) is 35.4 Å². The molecular formula is C50H72ClNO9. The Morgan fingerprint density at radius 1 is 0.803 bits per heavy atom. The number of nitrogens with one attached hydrogen (secondary N) is 1. The fourth-order valence-corrected chi connectivity index (χ4v) is 14.0. The molecular weight excluding hydrogens is 794 g/mol. The van der Waals surface area contributed by atoms with Crippen LogP contribution >= 0.6 is 11.6 Å². The summed E-state index contributed by atoms with van der Waals surface area (Å²) in [4.78, 5) is 65.5. The van der Waals surface area contributed by atoms with Gasteiger partial charge in [0.25, 0.3) is 0 Å². The number of carbonyl (C=O) groups is 5. The van der Waals surface area contributed by atoms with Gasteiger partial charge in [0.15, 0.2) is 5.78 Å². The summed E-state index contributed by atoms with van der Waals surface area (Å²) in [7, 11) is 0. The Kier molecular flexibility index (Phi) is 12.7. The van der Waals surface area contributed by atoms with Crippen LogP contribution in [-0.4, -0.2) is 58.6 Å². The number of hydrogen-bond acceptors (Lipinski definition) is 8. The van der Waals surface area contributed by atoms with Gasteiger partial charge in [-0.2, -0.15) is 0 Å². The largest absolute Gasteiger partial charge is 0.481 e. The highest BCUT2D eigenvalue weighted by molar-refractivity contribution is 6.30. The number of Topliss-reactive ketones (excluding diaryl/α,β-unsaturated/α-hetero) is 1. The SMILES string of the molecule is CC(C)C1=C2[C@H]3CC[C@@H]4[C@@]5(C)CC[C@H](OC(=O)CC(C)(C)C(=O)O)C(C)(C)C5CC[C@@]4(C)[C@]3(C)CCC2(C(CNCc2ccc(Cl)cc2)OC(=O)CC(C)(C)C(=O)O)CC1=O. The molecule has 3 N–H and O–H groups in total. The molecule has 4 saturated carbocycles. The normalized spacial score (nSPS) is 33.8. The first-order valence-corrected chi connectivity index (χ1v) is 23.1. The molecule has 1 aromatic rings. The van der Waals surface area contributed by atoms with Crippen molar-refractivity contribution >= 4 is 41.3 Å². The molecule has 3 unspecified atom stereocenters. The molecule has 0 aromatic heterocycles. The summed E-state index contributed by atoms with van der Waals surface area (Å²) in [6, 6.07) is 7.59. The maximum absolute atomic E-state index is 14.5. The van der Waals surface area contributed by atoms with E-state index in [4.69, 9.17) is 21.1 Å². The Labute approximate surface area is 368 Å². The topological polar surface area (TPSA) is 156 Å². The monoisotopic (exact) mass is 865 g/mol. The van der Waals surface area contributed by atoms with Crippen molar-refractivity contribution in [2.45, 2.75) is 166 Å². The summed E-state index contributed by atoms with van der Waals surface area (Å²) < 4.78 is 12.7. The van der Waals surface area contributed by atoms with Gasteiger partial charge in [-0.1, -0.05) is 72.2 Å². The minimum atomic E-state index is -1.32. The van der Waals surface area contributed by atoms with Gasteiger partial charge in [-0.25, -0.2) is 0 Å². The molecule has 11 heteroatoms. The van der Waals surface area contributed by atoms with E-state index in [0.29, 0.717) is 36.4 Å². The van der Waals surface area contributed by atoms with Gasteiger partial charge in [0.1, 0.15) is 12.2 Å². The van der Waals surface area contributed by atoms with Crippen molar-refractivity contribution in [3.05, 3.63) is 46.0 Å². The fraction of sp³-hybridized carbons (Fsp3) is 0.740. The van der Waals surface area contributed by atoms with Crippen molar-refractivity contribution in [2.24, 2.45) is 61.6 Å². The third-order valence-electron chi connectivity index (χ3n) is 17.5. The predicted octanol–water partition coefficient (Wildman–Crippen LogP) is 10.2. The minimum absolute atomic E-state index is 0.0188. The molecule has 4 fully saturated rings. The van der Waals surface area contributed by atoms with E-state index in [2.05, 4.69) is 53.8 Å². The van der Waals surface area contributed by atoms with Gasteiger partial charge in [-0.05, 0) is 148 Å². The molecule has 5 aliphatic rings. The Morgan fingerprint density at radius 3 is 2.00 bits per heavy atom. The highest BCUT2D eigenvalue weighted by Gasteiger charge is 2.71. The number of benzene rings is 1. The molecule has 61 heavy (non-hydrogen) atoms. The Morgan fingerprint density at radius 2 is 1.41 bits per heavy atom. The van der Waals surface area contributed by atoms with E-state index in [1.54, 1.807) is 13.8 Å². The van der Waals surface area contributed by atoms with Gasteiger partial charge in [0.2, 0.25) is 0 Å². The fourth-order valence-electron chi connectivity index (χ4n) is 13.8. The first-order chi connectivity index (χ1) is 28.2. The maximum Gasteiger partial charge on any atom is 0.309 e. The molecule has 0 saturated heterocycles. The standard InChI is InChI=1S/C50H72ClNO9/c1-29(2)40-33(53)24-50(37(61-39(55)26-45(5,6)43(58)59)28-52-27-30-12-14-31(51)15-13-30)23-22-48(10)32(41(40)50)16-17-35-47(9)20-19-36(60-38(54)25-44(3,4)42(56)57)46(7,8)34(47)18-21-49(35,48)11/h12-15,29,32,34-37,52H,16-28H2,1-11H3,(H,56,57)(H,58,59)/t32-,34?,35-,36+,37?,47+,48-,49-,50?/m1/s1. The Bertz CT molecular complexity index is 1950. The van der Waals surface area contributed by atoms with Crippen molar-refractivity contribution in [3.63, 3.8) is 0 Å². The molecule has 9 atom stereocenters. The minimum Gasteiger partial charge on any atom is -0.481 e. The second-order valence-electron chi connectivity index (χ2n) is 22.7. The quantitative estimate of drug-likeness (QED) is 0.154. The maximum atomic E-state index is 14.5. The second-order valence-corrected chi connectivity index (χ2v) is 23.1. The van der Waals surface area contributed by atoms with Crippen LogP contribution < -0.4 is 5.32 Å². The highest BCUT2D eigenvalue weighted by atomic mass is 35.5. The lowest BCUT2D eigenvalue weighted by molar-refractivity contribution is -0.235. The van der Waals surface area contributed by atoms with E-state index in [1.807, 2.05) is 24.3 Å². The average molecular weight is 867 g/mol. The zero-order valence-electron chi connectivity index (χ0n) is 38.6. The molecule has 0 radical (unpaired) electrons. The lowest BCUT2D eigenvalue weighted by Gasteiger charge is -2.72. The highest BCUT2D eigenvalue weighted by Crippen LogP contribution is 2.77. The summed E-state index contributed by atoms with van der Waals surface area (Å²) in [5, 5.41) is 23.8. The lowest BCUT2D eigenvalue weighted by atomic mass is 9.33. The first kappa shape index (κ1) is 47.2. The van der Waals surface area contributed by atoms with Crippen LogP contribution in [0.4, 0.5) is 0 Å². The number of ether oxygens (including phenoxy) is 2. The van der Waals surface area contributed by atoms with Crippen molar-refractivity contribution in [1.82, 2.24) is 5.32 Å². The van der Waals surface area contributed by atoms with E-state index >= 15 is 0 Å². The molecule has 0 bridgehead atoms. The van der Waals surface area contributed by atoms with Crippen LogP contribution in [0.25, 0.3) is 0 Å². The number of halogens is 1. The van der Waals surface area contributed by atoms with Crippen LogP contribution in [0.5, 0.6) is 0 Å². The van der Waals surface area contributed by atoms with Gasteiger partial charge >= 0.3 is 23.9 Å². The third kappa shape index (κ3) is 8.12. The molecule has 6 rings (SSSR count). The van der Waals surface area contributed by atoms with Crippen LogP contribution in [-0.2, 0) is 40.0 Å². The smallest absolute Gasteiger partial charge is 0.309 e. The van der Waals surface area contributed by atoms with Crippen LogP contribution in [0, 0.1) is 61.6 Å². The summed E-state index contributed by atoms with van der Waals surface area (Å²) in [6.45, 7) is 23.2. The second kappa shape index (κ2) is 16.4. The first-order valence-electron chi connectivity index (χ1n) is 22.7. The van der Waals surface area contributed by atoms with E-state index < -0.39 is 46.2 Å². The molecule has 338 valence electrons. The van der Waals surface area contributed by atoms with Gasteiger partial charge in [-0.3, -0.25) is 24.0 Å². The molecule has 10 nitrogen and oxygen atoms in total. The summed E-state index contributed by atoms with van der Waals surface area (Å²) in [5.74, 6) is -2.22. The van der Waals surface area contributed by atoms with E-state index in [1.165, 1.54) is 19.4 Å². The molecule has 1 aromatic carbocycles. The predicted molar refractivity (Wildman–Crippen MR) is 234 cm³/mol. The summed E-state index contributed by atoms with van der Waals surface area (Å²) >= 11 is 6.18. The number of carboxylic acid groups (broad SMARTS) is 2. The molecule has 0 amide bonds. The number of allylic oxidation sites excluding steroid dienone is 1. The number of carbonyl (C=O) groups excluding carboxylic acids is 3. The number of rotatable bonds is 14. The van der Waals surface area contributed by atoms with E-state index in [0.717, 1.165) is 56.1 Å². The summed E-state index contributed by atoms with van der Waals surface area (Å²) in [5.41, 5.74) is -0.716. The Hall–Kier alpha value is -3.24. The van der Waals surface area contributed by atoms with Crippen molar-refractivity contribution < 1.29 is 43.7 Å². The zero-order valence-corrected chi connectivity index (χ0v) is 39.4. The van der Waals surface area contributed by atoms with Crippen LogP contribution in [0.2, 0.25) is 5.02 Å². The van der Waals surface area contributed by atoms with Crippen molar-refractivity contribution in [1.29, 1.82) is 0 Å². The van der Waals surface area contributed by atoms with Crippen LogP contribution in [0.1, 0.15) is 152 Å². The zero-order chi connectivity index (χ0) is 45.3. The van der Waals surface area contributed by atoms with Crippen LogP contribution in [0.15, 0.2) is 35.4 Å². The number of hydrogen-bond donors (Lipinski definition) is 3. The average Bonchev–Trinajstić information content (AvgIpc) is 3.46. The van der Waals surface area contributed by atoms with Gasteiger partial charge in [0.05, 0.1) is 23.7 Å². The molecule has 5 aliphatic carbocycles. The molecule has 0 spiro atoms. The number of aliphatic carboxylic acids is 2. The van der Waals surface area contributed by atoms with Gasteiger partial charge in [-0.15, -0.1) is 0 Å². The number of carboxylic acids is 2. The number of ketones is 1. The van der Waals surface area contributed by atoms with Crippen LogP contribution in [0.3, 0.4) is 0 Å². The number of fused-ring (bicyclic) bond motifs is 7. The number of esters is 2. The molecule has 0 heterocycles. The Balaban J connectivity index is 1.33. The van der Waals surface area contributed by atoms with Crippen molar-refractivity contribution in [2.75, 3.05) is 6.54 Å². The van der Waals surface area contributed by atoms with Gasteiger partial charge < -0.3 is 25.0 Å².